The molecule has 1 aliphatic carbocycles. The van der Waals surface area contributed by atoms with Crippen LogP contribution in [-0.2, 0) is 20.4 Å². The third-order valence-corrected chi connectivity index (χ3v) is 5.53. The SMILES string of the molecule is Cc1c(CS(C)(=O)=O)cccc1NC(=O)C1CCCCC1(C)N.Cl. The van der Waals surface area contributed by atoms with E-state index in [1.54, 1.807) is 18.2 Å². The predicted molar refractivity (Wildman–Crippen MR) is 100 cm³/mol. The van der Waals surface area contributed by atoms with Crippen molar-refractivity contribution in [1.82, 2.24) is 0 Å². The summed E-state index contributed by atoms with van der Waals surface area (Å²) in [5.41, 5.74) is 7.97. The number of hydrogen-bond donors (Lipinski definition) is 2. The van der Waals surface area contributed by atoms with E-state index in [1.165, 1.54) is 6.26 Å². The molecule has 0 saturated heterocycles. The van der Waals surface area contributed by atoms with E-state index in [9.17, 15) is 13.2 Å². The molecule has 0 aliphatic heterocycles. The van der Waals surface area contributed by atoms with Crippen LogP contribution in [0.15, 0.2) is 18.2 Å². The Hall–Kier alpha value is -1.11. The lowest BCUT2D eigenvalue weighted by Gasteiger charge is -2.37. The smallest absolute Gasteiger partial charge is 0.229 e. The van der Waals surface area contributed by atoms with E-state index >= 15 is 0 Å². The first-order chi connectivity index (χ1) is 10.6. The Balaban J connectivity index is 0.00000288. The van der Waals surface area contributed by atoms with E-state index in [0.717, 1.165) is 31.2 Å². The van der Waals surface area contributed by atoms with Crippen LogP contribution in [0.3, 0.4) is 0 Å². The third kappa shape index (κ3) is 5.19. The van der Waals surface area contributed by atoms with E-state index in [1.807, 2.05) is 13.8 Å². The van der Waals surface area contributed by atoms with Gasteiger partial charge in [-0.25, -0.2) is 8.42 Å². The van der Waals surface area contributed by atoms with Crippen molar-refractivity contribution in [3.05, 3.63) is 29.3 Å². The van der Waals surface area contributed by atoms with Gasteiger partial charge in [0.25, 0.3) is 0 Å². The van der Waals surface area contributed by atoms with Crippen molar-refractivity contribution in [2.45, 2.75) is 50.8 Å². The summed E-state index contributed by atoms with van der Waals surface area (Å²) in [5, 5.41) is 2.95. The normalized spacial score (nSPS) is 24.1. The van der Waals surface area contributed by atoms with Gasteiger partial charge in [-0.15, -0.1) is 12.4 Å². The van der Waals surface area contributed by atoms with E-state index in [2.05, 4.69) is 5.32 Å². The zero-order valence-corrected chi connectivity index (χ0v) is 16.1. The largest absolute Gasteiger partial charge is 0.326 e. The fourth-order valence-corrected chi connectivity index (χ4v) is 4.14. The number of halogens is 1. The number of nitrogens with two attached hydrogens (primary N) is 1. The van der Waals surface area contributed by atoms with Crippen molar-refractivity contribution in [2.24, 2.45) is 11.7 Å². The molecule has 2 rings (SSSR count). The Morgan fingerprint density at radius 2 is 2.04 bits per heavy atom. The van der Waals surface area contributed by atoms with E-state index < -0.39 is 15.4 Å². The maximum Gasteiger partial charge on any atom is 0.229 e. The molecule has 1 fully saturated rings. The maximum absolute atomic E-state index is 12.6. The molecule has 5 nitrogen and oxygen atoms in total. The van der Waals surface area contributed by atoms with Crippen LogP contribution in [0.5, 0.6) is 0 Å². The molecule has 136 valence electrons. The van der Waals surface area contributed by atoms with Gasteiger partial charge in [0.1, 0.15) is 0 Å². The van der Waals surface area contributed by atoms with Crippen LogP contribution >= 0.6 is 12.4 Å². The summed E-state index contributed by atoms with van der Waals surface area (Å²) in [6.45, 7) is 3.77. The number of rotatable bonds is 4. The first-order valence-electron chi connectivity index (χ1n) is 7.96. The average molecular weight is 375 g/mol. The van der Waals surface area contributed by atoms with Gasteiger partial charge in [-0.2, -0.15) is 0 Å². The van der Waals surface area contributed by atoms with Gasteiger partial charge in [0.15, 0.2) is 9.84 Å². The van der Waals surface area contributed by atoms with Crippen molar-refractivity contribution >= 4 is 33.8 Å². The molecule has 1 aliphatic rings. The average Bonchev–Trinajstić information content (AvgIpc) is 2.41. The first-order valence-corrected chi connectivity index (χ1v) is 10.0. The molecule has 0 radical (unpaired) electrons. The highest BCUT2D eigenvalue weighted by atomic mass is 35.5. The van der Waals surface area contributed by atoms with Gasteiger partial charge in [-0.1, -0.05) is 25.0 Å². The van der Waals surface area contributed by atoms with Crippen molar-refractivity contribution in [1.29, 1.82) is 0 Å². The molecule has 0 heterocycles. The molecule has 2 unspecified atom stereocenters. The highest BCUT2D eigenvalue weighted by molar-refractivity contribution is 7.89. The maximum atomic E-state index is 12.6. The Labute approximate surface area is 150 Å². The minimum Gasteiger partial charge on any atom is -0.326 e. The molecule has 0 spiro atoms. The highest BCUT2D eigenvalue weighted by Gasteiger charge is 2.37. The second-order valence-corrected chi connectivity index (χ2v) is 9.09. The molecule has 1 aromatic rings. The summed E-state index contributed by atoms with van der Waals surface area (Å²) in [6, 6.07) is 5.35. The van der Waals surface area contributed by atoms with Gasteiger partial charge in [0.2, 0.25) is 5.91 Å². The summed E-state index contributed by atoms with van der Waals surface area (Å²) in [4.78, 5) is 12.6. The van der Waals surface area contributed by atoms with Crippen LogP contribution in [0.1, 0.15) is 43.7 Å². The number of hydrogen-bond acceptors (Lipinski definition) is 4. The minimum atomic E-state index is -3.12. The summed E-state index contributed by atoms with van der Waals surface area (Å²) in [6.07, 6.45) is 4.91. The summed E-state index contributed by atoms with van der Waals surface area (Å²) in [7, 11) is -3.12. The van der Waals surface area contributed by atoms with Crippen LogP contribution in [-0.4, -0.2) is 26.1 Å². The van der Waals surface area contributed by atoms with Crippen molar-refractivity contribution in [3.63, 3.8) is 0 Å². The molecule has 7 heteroatoms. The number of carbonyl (C=O) groups excluding carboxylic acids is 1. The monoisotopic (exact) mass is 374 g/mol. The number of amides is 1. The van der Waals surface area contributed by atoms with E-state index in [-0.39, 0.29) is 30.0 Å². The topological polar surface area (TPSA) is 89.3 Å². The predicted octanol–water partition coefficient (Wildman–Crippen LogP) is 2.81. The van der Waals surface area contributed by atoms with Crippen LogP contribution in [0.2, 0.25) is 0 Å². The zero-order chi connectivity index (χ0) is 17.3. The Kier molecular flexibility index (Phi) is 6.84. The standard InChI is InChI=1S/C17H26N2O3S.ClH/c1-12-13(11-23(3,21)22)7-6-9-15(12)19-16(20)14-8-4-5-10-17(14,2)18;/h6-7,9,14H,4-5,8,10-11,18H2,1-3H3,(H,19,20);1H. The van der Waals surface area contributed by atoms with Crippen LogP contribution < -0.4 is 11.1 Å². The fraction of sp³-hybridized carbons (Fsp3) is 0.588. The molecule has 0 bridgehead atoms. The van der Waals surface area contributed by atoms with Crippen LogP contribution in [0, 0.1) is 12.8 Å². The molecule has 2 atom stereocenters. The third-order valence-electron chi connectivity index (χ3n) is 4.69. The van der Waals surface area contributed by atoms with Gasteiger partial charge in [0.05, 0.1) is 11.7 Å². The minimum absolute atomic E-state index is 0. The fourth-order valence-electron chi connectivity index (χ4n) is 3.27. The van der Waals surface area contributed by atoms with Gasteiger partial charge in [0, 0.05) is 17.5 Å². The quantitative estimate of drug-likeness (QED) is 0.847. The molecular weight excluding hydrogens is 348 g/mol. The van der Waals surface area contributed by atoms with Gasteiger partial charge in [-0.05, 0) is 43.9 Å². The number of anilines is 1. The lowest BCUT2D eigenvalue weighted by atomic mass is 9.74. The Morgan fingerprint density at radius 3 is 2.62 bits per heavy atom. The Bertz CT molecular complexity index is 702. The van der Waals surface area contributed by atoms with Crippen molar-refractivity contribution < 1.29 is 13.2 Å². The molecule has 1 aromatic carbocycles. The van der Waals surface area contributed by atoms with Crippen LogP contribution in [0.4, 0.5) is 5.69 Å². The van der Waals surface area contributed by atoms with E-state index in [4.69, 9.17) is 5.73 Å². The number of carbonyl (C=O) groups is 1. The van der Waals surface area contributed by atoms with Gasteiger partial charge in [-0.3, -0.25) is 4.79 Å². The summed E-state index contributed by atoms with van der Waals surface area (Å²) < 4.78 is 23.0. The molecule has 1 saturated carbocycles. The lowest BCUT2D eigenvalue weighted by Crippen LogP contribution is -2.51. The van der Waals surface area contributed by atoms with Crippen LogP contribution in [0.25, 0.3) is 0 Å². The second-order valence-electron chi connectivity index (χ2n) is 6.95. The zero-order valence-electron chi connectivity index (χ0n) is 14.5. The lowest BCUT2D eigenvalue weighted by molar-refractivity contribution is -0.122. The number of sulfone groups is 1. The first kappa shape index (κ1) is 20.9. The second kappa shape index (κ2) is 7.85. The molecular formula is C17H27ClN2O3S. The highest BCUT2D eigenvalue weighted by Crippen LogP contribution is 2.33. The molecule has 3 N–H and O–H groups in total. The van der Waals surface area contributed by atoms with Crippen molar-refractivity contribution in [3.8, 4) is 0 Å². The molecule has 0 aromatic heterocycles. The van der Waals surface area contributed by atoms with Gasteiger partial charge < -0.3 is 11.1 Å². The molecule has 24 heavy (non-hydrogen) atoms. The number of benzene rings is 1. The van der Waals surface area contributed by atoms with Crippen molar-refractivity contribution in [2.75, 3.05) is 11.6 Å². The summed E-state index contributed by atoms with van der Waals surface area (Å²) >= 11 is 0. The van der Waals surface area contributed by atoms with E-state index in [0.29, 0.717) is 11.3 Å². The summed E-state index contributed by atoms with van der Waals surface area (Å²) in [5.74, 6) is -0.316. The number of nitrogens with one attached hydrogen (secondary N) is 1. The Morgan fingerprint density at radius 1 is 1.38 bits per heavy atom. The van der Waals surface area contributed by atoms with Gasteiger partial charge >= 0.3 is 0 Å². The molecule has 1 amide bonds.